The van der Waals surface area contributed by atoms with E-state index in [-0.39, 0.29) is 28.5 Å². The molecule has 13 heteroatoms. The number of esters is 2. The molecule has 6 aromatic carbocycles. The van der Waals surface area contributed by atoms with Crippen molar-refractivity contribution in [3.8, 4) is 33.4 Å². The smallest absolute Gasteiger partial charge is 0.338 e. The number of anilines is 1. The summed E-state index contributed by atoms with van der Waals surface area (Å²) in [5.74, 6) is -2.16. The number of rotatable bonds is 8. The number of nitrogen functional groups attached to an aromatic ring is 1. The fraction of sp³-hybridized carbons (Fsp3) is 0.114. The van der Waals surface area contributed by atoms with Crippen LogP contribution in [0.1, 0.15) is 47.8 Å². The van der Waals surface area contributed by atoms with Crippen LogP contribution < -0.4 is 5.73 Å². The van der Waals surface area contributed by atoms with Gasteiger partial charge in [-0.2, -0.15) is 0 Å². The summed E-state index contributed by atoms with van der Waals surface area (Å²) in [6.07, 6.45) is 0. The second kappa shape index (κ2) is 19.1. The summed E-state index contributed by atoms with van der Waals surface area (Å²) in [6.45, 7) is 5.92. The normalized spacial score (nSPS) is 10.1. The lowest BCUT2D eigenvalue weighted by molar-refractivity contribution is -0.385. The Hall–Kier alpha value is -7.67. The predicted molar refractivity (Wildman–Crippen MR) is 217 cm³/mol. The third kappa shape index (κ3) is 11.7. The first-order chi connectivity index (χ1) is 27.1. The first-order valence-electron chi connectivity index (χ1n) is 17.2. The van der Waals surface area contributed by atoms with Gasteiger partial charge in [0.25, 0.3) is 11.4 Å². The number of nitrogens with zero attached hydrogens (tertiary/aromatic N) is 2. The third-order valence-electron chi connectivity index (χ3n) is 8.46. The van der Waals surface area contributed by atoms with Crippen molar-refractivity contribution in [3.05, 3.63) is 181 Å². The van der Waals surface area contributed by atoms with Gasteiger partial charge in [0, 0.05) is 30.0 Å². The van der Waals surface area contributed by atoms with Gasteiger partial charge in [-0.3, -0.25) is 20.2 Å². The van der Waals surface area contributed by atoms with E-state index in [0.29, 0.717) is 22.4 Å². The van der Waals surface area contributed by atoms with Gasteiger partial charge in [0.05, 0.1) is 40.8 Å². The van der Waals surface area contributed by atoms with Crippen molar-refractivity contribution in [2.75, 3.05) is 20.0 Å². The molecule has 0 aliphatic rings. The van der Waals surface area contributed by atoms with E-state index in [9.17, 15) is 34.6 Å². The van der Waals surface area contributed by atoms with E-state index in [2.05, 4.69) is 4.74 Å². The minimum atomic E-state index is -1.18. The number of ether oxygens (including phenoxy) is 2. The molecular weight excluding hydrogens is 730 g/mol. The second-order valence-corrected chi connectivity index (χ2v) is 12.8. The highest BCUT2D eigenvalue weighted by Crippen LogP contribution is 2.29. The fourth-order valence-corrected chi connectivity index (χ4v) is 5.42. The molecule has 0 aliphatic carbocycles. The summed E-state index contributed by atoms with van der Waals surface area (Å²) in [6, 6.07) is 36.3. The zero-order valence-corrected chi connectivity index (χ0v) is 31.7. The molecule has 0 aliphatic heterocycles. The van der Waals surface area contributed by atoms with Gasteiger partial charge in [-0.1, -0.05) is 89.5 Å². The van der Waals surface area contributed by atoms with E-state index in [0.717, 1.165) is 39.4 Å². The van der Waals surface area contributed by atoms with Crippen molar-refractivity contribution in [3.63, 3.8) is 0 Å². The molecule has 0 fully saturated rings. The van der Waals surface area contributed by atoms with E-state index in [4.69, 9.17) is 15.6 Å². The van der Waals surface area contributed by atoms with Gasteiger partial charge in [-0.15, -0.1) is 0 Å². The number of methoxy groups -OCH3 is 2. The lowest BCUT2D eigenvalue weighted by Crippen LogP contribution is -2.02. The average molecular weight is 770 g/mol. The molecule has 57 heavy (non-hydrogen) atoms. The maximum absolute atomic E-state index is 11.6. The Balaban J connectivity index is 0.000000190. The predicted octanol–water partition coefficient (Wildman–Crippen LogP) is 9.66. The van der Waals surface area contributed by atoms with Crippen LogP contribution in [0.5, 0.6) is 0 Å². The van der Waals surface area contributed by atoms with Crippen LogP contribution in [0.2, 0.25) is 0 Å². The Bertz CT molecular complexity index is 2390. The highest BCUT2D eigenvalue weighted by molar-refractivity contribution is 5.93. The van der Waals surface area contributed by atoms with Gasteiger partial charge in [-0.05, 0) is 84.5 Å². The third-order valence-corrected chi connectivity index (χ3v) is 8.46. The molecule has 0 atom stereocenters. The molecule has 0 radical (unpaired) electrons. The summed E-state index contributed by atoms with van der Waals surface area (Å²) in [5, 5.41) is 30.8. The molecule has 3 N–H and O–H groups in total. The number of nitro groups is 2. The second-order valence-electron chi connectivity index (χ2n) is 12.8. The van der Waals surface area contributed by atoms with E-state index < -0.39 is 21.8 Å². The van der Waals surface area contributed by atoms with Crippen LogP contribution in [0.25, 0.3) is 33.4 Å². The van der Waals surface area contributed by atoms with Gasteiger partial charge in [-0.25, -0.2) is 14.4 Å². The van der Waals surface area contributed by atoms with Gasteiger partial charge >= 0.3 is 17.9 Å². The minimum Gasteiger partial charge on any atom is -0.478 e. The number of non-ortho nitro benzene ring substituents is 2. The number of nitrogens with two attached hydrogens (primary N) is 1. The number of benzene rings is 6. The topological polar surface area (TPSA) is 202 Å². The Morgan fingerprint density at radius 1 is 0.491 bits per heavy atom. The van der Waals surface area contributed by atoms with Crippen molar-refractivity contribution in [2.45, 2.75) is 20.8 Å². The molecule has 0 aromatic heterocycles. The number of carboxylic acids is 1. The molecule has 0 bridgehead atoms. The Kier molecular flexibility index (Phi) is 14.1. The molecule has 0 saturated carbocycles. The maximum atomic E-state index is 11.6. The molecular formula is C44H39N3O10. The first-order valence-corrected chi connectivity index (χ1v) is 17.2. The Morgan fingerprint density at radius 2 is 0.807 bits per heavy atom. The number of hydrogen-bond donors (Lipinski definition) is 2. The molecule has 6 aromatic rings. The van der Waals surface area contributed by atoms with Gasteiger partial charge in [0.1, 0.15) is 0 Å². The number of hydrogen-bond acceptors (Lipinski definition) is 10. The zero-order valence-electron chi connectivity index (χ0n) is 31.7. The number of aryl methyl sites for hydroxylation is 3. The largest absolute Gasteiger partial charge is 0.478 e. The monoisotopic (exact) mass is 769 g/mol. The summed E-state index contributed by atoms with van der Waals surface area (Å²) >= 11 is 0. The van der Waals surface area contributed by atoms with E-state index in [1.165, 1.54) is 44.0 Å². The summed E-state index contributed by atoms with van der Waals surface area (Å²) in [7, 11) is 2.60. The fourth-order valence-electron chi connectivity index (χ4n) is 5.42. The van der Waals surface area contributed by atoms with Crippen LogP contribution in [0.3, 0.4) is 0 Å². The van der Waals surface area contributed by atoms with E-state index >= 15 is 0 Å². The van der Waals surface area contributed by atoms with Crippen LogP contribution >= 0.6 is 0 Å². The van der Waals surface area contributed by atoms with Crippen LogP contribution in [-0.2, 0) is 9.47 Å². The number of aromatic carboxylic acids is 1. The molecule has 0 spiro atoms. The number of carboxylic acid groups (broad SMARTS) is 1. The summed E-state index contributed by atoms with van der Waals surface area (Å²) in [5.41, 5.74) is 14.5. The highest BCUT2D eigenvalue weighted by Gasteiger charge is 2.17. The molecule has 0 heterocycles. The number of carbonyl (C=O) groups excluding carboxylic acids is 2. The van der Waals surface area contributed by atoms with Crippen LogP contribution in [0.15, 0.2) is 127 Å². The van der Waals surface area contributed by atoms with Gasteiger partial charge in [0.15, 0.2) is 0 Å². The molecule has 13 nitrogen and oxygen atoms in total. The van der Waals surface area contributed by atoms with Crippen molar-refractivity contribution in [1.82, 2.24) is 0 Å². The lowest BCUT2D eigenvalue weighted by Gasteiger charge is -2.07. The van der Waals surface area contributed by atoms with Crippen molar-refractivity contribution in [1.29, 1.82) is 0 Å². The molecule has 6 rings (SSSR count). The van der Waals surface area contributed by atoms with Crippen molar-refractivity contribution >= 4 is 35.0 Å². The highest BCUT2D eigenvalue weighted by atomic mass is 16.6. The van der Waals surface area contributed by atoms with Crippen LogP contribution in [0, 0.1) is 41.0 Å². The first kappa shape index (κ1) is 42.1. The Morgan fingerprint density at radius 3 is 1.14 bits per heavy atom. The Labute approximate surface area is 328 Å². The molecule has 0 saturated heterocycles. The quantitative estimate of drug-likeness (QED) is 0.0646. The van der Waals surface area contributed by atoms with Gasteiger partial charge in [0.2, 0.25) is 0 Å². The van der Waals surface area contributed by atoms with Crippen molar-refractivity contribution < 1.29 is 38.8 Å². The van der Waals surface area contributed by atoms with E-state index in [1.54, 1.807) is 30.3 Å². The van der Waals surface area contributed by atoms with Gasteiger partial charge < -0.3 is 20.3 Å². The number of nitro benzene ring substituents is 2. The lowest BCUT2D eigenvalue weighted by atomic mass is 10.0. The van der Waals surface area contributed by atoms with Crippen LogP contribution in [-0.4, -0.2) is 47.1 Å². The minimum absolute atomic E-state index is 0.0928. The molecule has 290 valence electrons. The molecule has 0 unspecified atom stereocenters. The zero-order chi connectivity index (χ0) is 41.8. The van der Waals surface area contributed by atoms with Crippen LogP contribution in [0.4, 0.5) is 17.1 Å². The maximum Gasteiger partial charge on any atom is 0.338 e. The standard InChI is InChI=1S/C15H13NO4.C15H15NO2.C14H11NO4/c1-10-3-5-11(6-4-10)12-7-13(15(17)20-2)9-14(8-12)16(18)19;1-10-3-5-11(6-4-10)12-7-13(15(17)18-2)9-14(16)8-12;1-9-2-4-10(5-3-9)11-6-12(14(16)17)8-13(7-11)15(18)19/h3-9H,1-2H3;3-9H,16H2,1-2H3;2-8H,1H3,(H,16,17). The summed E-state index contributed by atoms with van der Waals surface area (Å²) < 4.78 is 9.33. The SMILES string of the molecule is COC(=O)c1cc(-c2ccc(C)cc2)cc([N+](=O)[O-])c1.COC(=O)c1cc(N)cc(-c2ccc(C)cc2)c1.Cc1ccc(-c2cc(C(=O)O)cc([N+](=O)[O-])c2)cc1. The number of carbonyl (C=O) groups is 3. The molecule has 0 amide bonds. The summed E-state index contributed by atoms with van der Waals surface area (Å²) in [4.78, 5) is 54.8. The van der Waals surface area contributed by atoms with Crippen molar-refractivity contribution in [2.24, 2.45) is 0 Å². The average Bonchev–Trinajstić information content (AvgIpc) is 3.20. The van der Waals surface area contributed by atoms with E-state index in [1.807, 2.05) is 87.5 Å².